The summed E-state index contributed by atoms with van der Waals surface area (Å²) in [5.41, 5.74) is 3.18. The van der Waals surface area contributed by atoms with Crippen LogP contribution in [0.3, 0.4) is 0 Å². The van der Waals surface area contributed by atoms with Crippen LogP contribution in [0, 0.1) is 0 Å². The predicted molar refractivity (Wildman–Crippen MR) is 109 cm³/mol. The Labute approximate surface area is 159 Å². The van der Waals surface area contributed by atoms with Crippen LogP contribution in [0.15, 0.2) is 48.5 Å². The highest BCUT2D eigenvalue weighted by atomic mass is 35.5. The smallest absolute Gasteiger partial charge is 0.209 e. The number of piperidine rings is 1. The molecular formula is C21H25ClN4. The highest BCUT2D eigenvalue weighted by molar-refractivity contribution is 6.30. The summed E-state index contributed by atoms with van der Waals surface area (Å²) in [4.78, 5) is 13.3. The lowest BCUT2D eigenvalue weighted by Gasteiger charge is -2.41. The predicted octanol–water partition coefficient (Wildman–Crippen LogP) is 5.58. The maximum atomic E-state index is 6.14. The lowest BCUT2D eigenvalue weighted by atomic mass is 10.1. The Hall–Kier alpha value is -2.04. The van der Waals surface area contributed by atoms with Gasteiger partial charge in [-0.25, -0.2) is 4.98 Å². The standard InChI is InChI=1S/C21H25ClN4/c1-2-20(25-14-6-3-7-15-25)26(17-12-10-16(22)11-13-17)21-23-18-8-4-5-9-19(18)24-21/h4-5,8-13,20H,2-3,6-7,14-15H2,1H3,(H,23,24). The van der Waals surface area contributed by atoms with Crippen LogP contribution in [0.5, 0.6) is 0 Å². The molecule has 5 heteroatoms. The number of nitrogens with zero attached hydrogens (tertiary/aromatic N) is 3. The SMILES string of the molecule is CCC(N1CCCCC1)N(c1ccc(Cl)cc1)c1nc2ccccc2[nH]1. The lowest BCUT2D eigenvalue weighted by molar-refractivity contribution is 0.161. The first-order valence-electron chi connectivity index (χ1n) is 9.50. The van der Waals surface area contributed by atoms with Crippen molar-refractivity contribution in [2.75, 3.05) is 18.0 Å². The third kappa shape index (κ3) is 3.44. The van der Waals surface area contributed by atoms with Crippen LogP contribution in [0.4, 0.5) is 11.6 Å². The molecule has 1 N–H and O–H groups in total. The molecule has 1 aromatic heterocycles. The van der Waals surface area contributed by atoms with Crippen LogP contribution >= 0.6 is 11.6 Å². The van der Waals surface area contributed by atoms with Gasteiger partial charge in [0.1, 0.15) is 0 Å². The molecule has 4 rings (SSSR count). The second kappa shape index (κ2) is 7.68. The van der Waals surface area contributed by atoms with Gasteiger partial charge in [-0.15, -0.1) is 0 Å². The van der Waals surface area contributed by atoms with Crippen LogP contribution in [-0.4, -0.2) is 34.1 Å². The number of aromatic amines is 1. The molecule has 1 saturated heterocycles. The highest BCUT2D eigenvalue weighted by Gasteiger charge is 2.28. The van der Waals surface area contributed by atoms with Crippen LogP contribution in [0.1, 0.15) is 32.6 Å². The van der Waals surface area contributed by atoms with Crippen molar-refractivity contribution in [3.63, 3.8) is 0 Å². The van der Waals surface area contributed by atoms with Gasteiger partial charge in [0.05, 0.1) is 17.2 Å². The number of imidazole rings is 1. The first-order valence-corrected chi connectivity index (χ1v) is 9.87. The Morgan fingerprint density at radius 2 is 1.81 bits per heavy atom. The topological polar surface area (TPSA) is 35.2 Å². The van der Waals surface area contributed by atoms with Crippen molar-refractivity contribution < 1.29 is 0 Å². The van der Waals surface area contributed by atoms with Crippen LogP contribution in [0.25, 0.3) is 11.0 Å². The van der Waals surface area contributed by atoms with E-state index in [1.807, 2.05) is 24.3 Å². The third-order valence-corrected chi connectivity index (χ3v) is 5.44. The monoisotopic (exact) mass is 368 g/mol. The Bertz CT molecular complexity index is 819. The second-order valence-electron chi connectivity index (χ2n) is 6.91. The number of para-hydroxylation sites is 2. The van der Waals surface area contributed by atoms with E-state index in [2.05, 4.69) is 46.0 Å². The summed E-state index contributed by atoms with van der Waals surface area (Å²) in [6.45, 7) is 4.54. The van der Waals surface area contributed by atoms with E-state index in [1.165, 1.54) is 19.3 Å². The number of hydrogen-bond donors (Lipinski definition) is 1. The Morgan fingerprint density at radius 1 is 1.08 bits per heavy atom. The molecule has 26 heavy (non-hydrogen) atoms. The summed E-state index contributed by atoms with van der Waals surface area (Å²) in [6.07, 6.45) is 5.17. The summed E-state index contributed by atoms with van der Waals surface area (Å²) in [5, 5.41) is 0.754. The average molecular weight is 369 g/mol. The largest absolute Gasteiger partial charge is 0.324 e. The van der Waals surface area contributed by atoms with Crippen LogP contribution in [0.2, 0.25) is 5.02 Å². The molecule has 0 amide bonds. The number of nitrogens with one attached hydrogen (secondary N) is 1. The van der Waals surface area contributed by atoms with Gasteiger partial charge in [-0.3, -0.25) is 9.80 Å². The maximum absolute atomic E-state index is 6.14. The normalized spacial score (nSPS) is 16.7. The first kappa shape index (κ1) is 17.4. The molecule has 1 fully saturated rings. The summed E-state index contributed by atoms with van der Waals surface area (Å²) in [7, 11) is 0. The fourth-order valence-electron chi connectivity index (χ4n) is 3.91. The fraction of sp³-hybridized carbons (Fsp3) is 0.381. The van der Waals surface area contributed by atoms with Crippen LogP contribution < -0.4 is 4.90 Å². The molecule has 2 aromatic carbocycles. The van der Waals surface area contributed by atoms with Crippen molar-refractivity contribution in [3.05, 3.63) is 53.6 Å². The first-order chi connectivity index (χ1) is 12.8. The molecule has 0 radical (unpaired) electrons. The van der Waals surface area contributed by atoms with Gasteiger partial charge in [-0.05, 0) is 55.7 Å². The average Bonchev–Trinajstić information content (AvgIpc) is 3.11. The Morgan fingerprint density at radius 3 is 2.50 bits per heavy atom. The van der Waals surface area contributed by atoms with E-state index < -0.39 is 0 Å². The van der Waals surface area contributed by atoms with Gasteiger partial charge < -0.3 is 4.98 Å². The summed E-state index contributed by atoms with van der Waals surface area (Å²) in [5.74, 6) is 0.894. The van der Waals surface area contributed by atoms with Crippen molar-refractivity contribution in [3.8, 4) is 0 Å². The zero-order valence-corrected chi connectivity index (χ0v) is 15.9. The summed E-state index contributed by atoms with van der Waals surface area (Å²) in [6, 6.07) is 16.3. The number of anilines is 2. The van der Waals surface area contributed by atoms with Crippen molar-refractivity contribution in [2.45, 2.75) is 38.8 Å². The van der Waals surface area contributed by atoms with E-state index in [4.69, 9.17) is 16.6 Å². The Balaban J connectivity index is 1.78. The van der Waals surface area contributed by atoms with E-state index in [9.17, 15) is 0 Å². The van der Waals surface area contributed by atoms with E-state index in [-0.39, 0.29) is 6.17 Å². The molecule has 1 unspecified atom stereocenters. The maximum Gasteiger partial charge on any atom is 0.209 e. The molecule has 3 aromatic rings. The number of likely N-dealkylation sites (tertiary alicyclic amines) is 1. The van der Waals surface area contributed by atoms with Crippen molar-refractivity contribution in [1.29, 1.82) is 0 Å². The number of hydrogen-bond acceptors (Lipinski definition) is 3. The number of halogens is 1. The zero-order chi connectivity index (χ0) is 17.9. The van der Waals surface area contributed by atoms with Gasteiger partial charge in [0.25, 0.3) is 0 Å². The number of H-pyrrole nitrogens is 1. The van der Waals surface area contributed by atoms with E-state index in [1.54, 1.807) is 0 Å². The van der Waals surface area contributed by atoms with Crippen molar-refractivity contribution in [2.24, 2.45) is 0 Å². The second-order valence-corrected chi connectivity index (χ2v) is 7.35. The van der Waals surface area contributed by atoms with E-state index in [0.29, 0.717) is 0 Å². The molecule has 0 aliphatic carbocycles. The number of benzene rings is 2. The van der Waals surface area contributed by atoms with Gasteiger partial charge in [0, 0.05) is 23.8 Å². The number of aromatic nitrogens is 2. The van der Waals surface area contributed by atoms with Crippen molar-refractivity contribution in [1.82, 2.24) is 14.9 Å². The third-order valence-electron chi connectivity index (χ3n) is 5.19. The zero-order valence-electron chi connectivity index (χ0n) is 15.2. The molecule has 0 saturated carbocycles. The van der Waals surface area contributed by atoms with Gasteiger partial charge >= 0.3 is 0 Å². The molecule has 4 nitrogen and oxygen atoms in total. The number of rotatable bonds is 5. The molecule has 0 bridgehead atoms. The molecule has 1 atom stereocenters. The molecule has 2 heterocycles. The highest BCUT2D eigenvalue weighted by Crippen LogP contribution is 2.32. The van der Waals surface area contributed by atoms with Crippen molar-refractivity contribution >= 4 is 34.3 Å². The minimum absolute atomic E-state index is 0.275. The molecule has 1 aliphatic rings. The minimum atomic E-state index is 0.275. The number of fused-ring (bicyclic) bond motifs is 1. The Kier molecular flexibility index (Phi) is 5.14. The minimum Gasteiger partial charge on any atom is -0.324 e. The van der Waals surface area contributed by atoms with Crippen LogP contribution in [-0.2, 0) is 0 Å². The fourth-order valence-corrected chi connectivity index (χ4v) is 4.04. The molecular weight excluding hydrogens is 344 g/mol. The van der Waals surface area contributed by atoms with Gasteiger partial charge in [-0.2, -0.15) is 0 Å². The van der Waals surface area contributed by atoms with Gasteiger partial charge in [-0.1, -0.05) is 37.1 Å². The molecule has 1 aliphatic heterocycles. The molecule has 136 valence electrons. The lowest BCUT2D eigenvalue weighted by Crippen LogP contribution is -2.48. The van der Waals surface area contributed by atoms with Gasteiger partial charge in [0.15, 0.2) is 0 Å². The van der Waals surface area contributed by atoms with E-state index in [0.717, 1.165) is 47.2 Å². The van der Waals surface area contributed by atoms with E-state index >= 15 is 0 Å². The summed E-state index contributed by atoms with van der Waals surface area (Å²) >= 11 is 6.14. The quantitative estimate of drug-likeness (QED) is 0.638. The summed E-state index contributed by atoms with van der Waals surface area (Å²) < 4.78 is 0. The van der Waals surface area contributed by atoms with Gasteiger partial charge in [0.2, 0.25) is 5.95 Å². The molecule has 0 spiro atoms.